The predicted octanol–water partition coefficient (Wildman–Crippen LogP) is 2.64. The van der Waals surface area contributed by atoms with E-state index in [-0.39, 0.29) is 6.04 Å². The zero-order valence-electron chi connectivity index (χ0n) is 8.57. The van der Waals surface area contributed by atoms with Gasteiger partial charge in [0.15, 0.2) is 0 Å². The quantitative estimate of drug-likeness (QED) is 0.830. The molecule has 0 bridgehead atoms. The zero-order valence-corrected chi connectivity index (χ0v) is 9.39. The van der Waals surface area contributed by atoms with Crippen LogP contribution in [0.5, 0.6) is 0 Å². The molecule has 0 fully saturated rings. The summed E-state index contributed by atoms with van der Waals surface area (Å²) in [5, 5.41) is 8.60. The van der Waals surface area contributed by atoms with E-state index in [1.807, 2.05) is 11.8 Å². The summed E-state index contributed by atoms with van der Waals surface area (Å²) >= 11 is 1.92. The summed E-state index contributed by atoms with van der Waals surface area (Å²) in [6, 6.07) is 8.35. The number of benzene rings is 1. The maximum Gasteiger partial charge on any atom is 0.0641 e. The second-order valence-corrected chi connectivity index (χ2v) is 4.92. The Hall–Kier alpha value is -0.980. The number of aryl methyl sites for hydroxylation is 1. The Balaban J connectivity index is 2.24. The standard InChI is InChI=1S/C12H14N2S/c13-6-5-11(14)9-3-4-12-10(8-9)2-1-7-15-12/h3-4,8,11H,1-2,5,7,14H2. The van der Waals surface area contributed by atoms with Crippen LogP contribution in [0.4, 0.5) is 0 Å². The first-order chi connectivity index (χ1) is 7.31. The highest BCUT2D eigenvalue weighted by Gasteiger charge is 2.12. The Morgan fingerprint density at radius 3 is 3.20 bits per heavy atom. The summed E-state index contributed by atoms with van der Waals surface area (Å²) in [5.74, 6) is 1.22. The fraction of sp³-hybridized carbons (Fsp3) is 0.417. The molecule has 15 heavy (non-hydrogen) atoms. The van der Waals surface area contributed by atoms with Gasteiger partial charge in [-0.2, -0.15) is 5.26 Å². The monoisotopic (exact) mass is 218 g/mol. The summed E-state index contributed by atoms with van der Waals surface area (Å²) in [6.45, 7) is 0. The van der Waals surface area contributed by atoms with Crippen LogP contribution in [0, 0.1) is 11.3 Å². The Labute approximate surface area is 94.5 Å². The molecule has 2 rings (SSSR count). The summed E-state index contributed by atoms with van der Waals surface area (Å²) in [5.41, 5.74) is 8.40. The molecule has 0 amide bonds. The molecule has 0 saturated heterocycles. The third-order valence-electron chi connectivity index (χ3n) is 2.67. The van der Waals surface area contributed by atoms with Gasteiger partial charge in [0.1, 0.15) is 0 Å². The lowest BCUT2D eigenvalue weighted by Gasteiger charge is -2.17. The van der Waals surface area contributed by atoms with E-state index in [4.69, 9.17) is 11.0 Å². The Morgan fingerprint density at radius 1 is 1.53 bits per heavy atom. The molecule has 0 spiro atoms. The number of nitrogens with zero attached hydrogens (tertiary/aromatic N) is 1. The highest BCUT2D eigenvalue weighted by atomic mass is 32.2. The Kier molecular flexibility index (Phi) is 3.30. The third-order valence-corrected chi connectivity index (χ3v) is 3.87. The zero-order chi connectivity index (χ0) is 10.7. The first-order valence-corrected chi connectivity index (χ1v) is 6.18. The van der Waals surface area contributed by atoms with E-state index in [2.05, 4.69) is 24.3 Å². The molecule has 1 heterocycles. The molecule has 1 aliphatic heterocycles. The molecule has 0 aromatic heterocycles. The van der Waals surface area contributed by atoms with Crippen LogP contribution in [0.3, 0.4) is 0 Å². The molecule has 2 nitrogen and oxygen atoms in total. The lowest BCUT2D eigenvalue weighted by molar-refractivity contribution is 0.742. The minimum Gasteiger partial charge on any atom is -0.323 e. The van der Waals surface area contributed by atoms with Crippen LogP contribution in [0.2, 0.25) is 0 Å². The number of hydrogen-bond donors (Lipinski definition) is 1. The van der Waals surface area contributed by atoms with Crippen LogP contribution in [0.15, 0.2) is 23.1 Å². The van der Waals surface area contributed by atoms with E-state index in [1.54, 1.807) is 0 Å². The van der Waals surface area contributed by atoms with Crippen LogP contribution >= 0.6 is 11.8 Å². The molecule has 0 aliphatic carbocycles. The Morgan fingerprint density at radius 2 is 2.40 bits per heavy atom. The van der Waals surface area contributed by atoms with Gasteiger partial charge in [0, 0.05) is 10.9 Å². The van der Waals surface area contributed by atoms with Crippen LogP contribution in [0.1, 0.15) is 30.0 Å². The van der Waals surface area contributed by atoms with Crippen LogP contribution in [-0.4, -0.2) is 5.75 Å². The molecule has 0 saturated carbocycles. The van der Waals surface area contributed by atoms with Crippen LogP contribution < -0.4 is 5.73 Å². The van der Waals surface area contributed by atoms with Crippen molar-refractivity contribution >= 4 is 11.8 Å². The molecule has 1 aromatic rings. The average molecular weight is 218 g/mol. The maximum absolute atomic E-state index is 8.60. The smallest absolute Gasteiger partial charge is 0.0641 e. The lowest BCUT2D eigenvalue weighted by Crippen LogP contribution is -2.10. The molecule has 1 aliphatic rings. The first-order valence-electron chi connectivity index (χ1n) is 5.19. The predicted molar refractivity (Wildman–Crippen MR) is 62.6 cm³/mol. The third kappa shape index (κ3) is 2.34. The lowest BCUT2D eigenvalue weighted by atomic mass is 10.0. The maximum atomic E-state index is 8.60. The van der Waals surface area contributed by atoms with Crippen LogP contribution in [0.25, 0.3) is 0 Å². The molecule has 3 heteroatoms. The minimum atomic E-state index is -0.132. The highest BCUT2D eigenvalue weighted by Crippen LogP contribution is 2.31. The molecule has 78 valence electrons. The summed E-state index contributed by atoms with van der Waals surface area (Å²) in [4.78, 5) is 1.38. The van der Waals surface area contributed by atoms with Gasteiger partial charge in [0.25, 0.3) is 0 Å². The van der Waals surface area contributed by atoms with E-state index >= 15 is 0 Å². The largest absolute Gasteiger partial charge is 0.323 e. The Bertz CT molecular complexity index is 395. The van der Waals surface area contributed by atoms with Gasteiger partial charge in [0.2, 0.25) is 0 Å². The molecule has 1 unspecified atom stereocenters. The number of thioether (sulfide) groups is 1. The average Bonchev–Trinajstić information content (AvgIpc) is 2.29. The van der Waals surface area contributed by atoms with Crippen LogP contribution in [-0.2, 0) is 6.42 Å². The van der Waals surface area contributed by atoms with Gasteiger partial charge in [-0.05, 0) is 35.8 Å². The topological polar surface area (TPSA) is 49.8 Å². The van der Waals surface area contributed by atoms with E-state index in [1.165, 1.54) is 22.6 Å². The second kappa shape index (κ2) is 4.69. The van der Waals surface area contributed by atoms with Gasteiger partial charge in [-0.25, -0.2) is 0 Å². The van der Waals surface area contributed by atoms with E-state index in [0.717, 1.165) is 12.0 Å². The van der Waals surface area contributed by atoms with Crippen molar-refractivity contribution in [3.05, 3.63) is 29.3 Å². The molecule has 2 N–H and O–H groups in total. The van der Waals surface area contributed by atoms with Crippen molar-refractivity contribution in [1.82, 2.24) is 0 Å². The first kappa shape index (κ1) is 10.5. The number of nitrogens with two attached hydrogens (primary N) is 1. The molecular weight excluding hydrogens is 204 g/mol. The molecule has 1 aromatic carbocycles. The van der Waals surface area contributed by atoms with E-state index < -0.39 is 0 Å². The minimum absolute atomic E-state index is 0.132. The van der Waals surface area contributed by atoms with E-state index in [9.17, 15) is 0 Å². The molecular formula is C12H14N2S. The number of fused-ring (bicyclic) bond motifs is 1. The fourth-order valence-corrected chi connectivity index (χ4v) is 2.85. The van der Waals surface area contributed by atoms with Crippen molar-refractivity contribution in [3.63, 3.8) is 0 Å². The number of rotatable bonds is 2. The highest BCUT2D eigenvalue weighted by molar-refractivity contribution is 7.99. The normalized spacial score (nSPS) is 16.5. The van der Waals surface area contributed by atoms with Crippen molar-refractivity contribution in [2.75, 3.05) is 5.75 Å². The van der Waals surface area contributed by atoms with Crippen molar-refractivity contribution in [2.45, 2.75) is 30.2 Å². The molecule has 0 radical (unpaired) electrons. The summed E-state index contributed by atoms with van der Waals surface area (Å²) < 4.78 is 0. The van der Waals surface area contributed by atoms with Gasteiger partial charge >= 0.3 is 0 Å². The van der Waals surface area contributed by atoms with E-state index in [0.29, 0.717) is 6.42 Å². The van der Waals surface area contributed by atoms with Crippen molar-refractivity contribution in [1.29, 1.82) is 5.26 Å². The summed E-state index contributed by atoms with van der Waals surface area (Å²) in [7, 11) is 0. The number of hydrogen-bond acceptors (Lipinski definition) is 3. The van der Waals surface area contributed by atoms with Gasteiger partial charge in [-0.1, -0.05) is 12.1 Å². The van der Waals surface area contributed by atoms with Gasteiger partial charge in [-0.15, -0.1) is 11.8 Å². The summed E-state index contributed by atoms with van der Waals surface area (Å²) in [6.07, 6.45) is 2.79. The van der Waals surface area contributed by atoms with Gasteiger partial charge in [0.05, 0.1) is 12.5 Å². The SMILES string of the molecule is N#CCC(N)c1ccc2c(c1)CCCS2. The second-order valence-electron chi connectivity index (χ2n) is 3.79. The van der Waals surface area contributed by atoms with Crippen molar-refractivity contribution < 1.29 is 0 Å². The molecule has 1 atom stereocenters. The number of nitriles is 1. The van der Waals surface area contributed by atoms with Gasteiger partial charge in [-0.3, -0.25) is 0 Å². The van der Waals surface area contributed by atoms with Crippen molar-refractivity contribution in [2.24, 2.45) is 5.73 Å². The van der Waals surface area contributed by atoms with Gasteiger partial charge < -0.3 is 5.73 Å². The fourth-order valence-electron chi connectivity index (χ4n) is 1.83. The van der Waals surface area contributed by atoms with Crippen molar-refractivity contribution in [3.8, 4) is 6.07 Å².